The van der Waals surface area contributed by atoms with Crippen LogP contribution in [0.3, 0.4) is 0 Å². The van der Waals surface area contributed by atoms with Crippen LogP contribution in [0.1, 0.15) is 18.4 Å². The Morgan fingerprint density at radius 2 is 2.10 bits per heavy atom. The summed E-state index contributed by atoms with van der Waals surface area (Å²) in [6, 6.07) is 5.77. The van der Waals surface area contributed by atoms with Crippen LogP contribution in [0.4, 0.5) is 0 Å². The van der Waals surface area contributed by atoms with Crippen LogP contribution in [-0.4, -0.2) is 17.4 Å². The highest BCUT2D eigenvalue weighted by atomic mass is 35.5. The maximum absolute atomic E-state index is 5.95. The van der Waals surface area contributed by atoms with Crippen molar-refractivity contribution in [2.24, 2.45) is 16.9 Å². The van der Waals surface area contributed by atoms with Gasteiger partial charge < -0.3 is 5.32 Å². The minimum absolute atomic E-state index is 0.431. The fourth-order valence-corrected chi connectivity index (χ4v) is 3.42. The van der Waals surface area contributed by atoms with Gasteiger partial charge in [-0.3, -0.25) is 5.43 Å². The molecule has 0 spiro atoms. The molecule has 0 saturated heterocycles. The number of rotatable bonds is 3. The molecule has 2 bridgehead atoms. The summed E-state index contributed by atoms with van der Waals surface area (Å²) in [5.74, 6) is 1.32. The van der Waals surface area contributed by atoms with Gasteiger partial charge in [-0.15, -0.1) is 0 Å². The Hall–Kier alpha value is -1.10. The minimum atomic E-state index is 0.431. The Balaban J connectivity index is 1.50. The monoisotopic (exact) mass is 339 g/mol. The summed E-state index contributed by atoms with van der Waals surface area (Å²) in [5.41, 5.74) is 3.70. The molecule has 2 N–H and O–H groups in total. The highest BCUT2D eigenvalue weighted by Gasteiger charge is 2.35. The molecular weight excluding hydrogens is 325 g/mol. The quantitative estimate of drug-likeness (QED) is 0.381. The lowest BCUT2D eigenvalue weighted by Gasteiger charge is -2.20. The maximum Gasteiger partial charge on any atom is 0.187 e. The van der Waals surface area contributed by atoms with Gasteiger partial charge in [0.05, 0.1) is 16.3 Å². The van der Waals surface area contributed by atoms with Gasteiger partial charge in [0.25, 0.3) is 0 Å². The van der Waals surface area contributed by atoms with Crippen LogP contribution in [0.2, 0.25) is 10.0 Å². The predicted octanol–water partition coefficient (Wildman–Crippen LogP) is 3.76. The van der Waals surface area contributed by atoms with Gasteiger partial charge in [-0.05, 0) is 54.6 Å². The van der Waals surface area contributed by atoms with Crippen LogP contribution in [0.25, 0.3) is 0 Å². The molecule has 21 heavy (non-hydrogen) atoms. The van der Waals surface area contributed by atoms with Crippen molar-refractivity contribution < 1.29 is 0 Å². The molecule has 2 aliphatic rings. The lowest BCUT2D eigenvalue weighted by atomic mass is 10.0. The van der Waals surface area contributed by atoms with Crippen LogP contribution in [0, 0.1) is 11.8 Å². The number of fused-ring (bicyclic) bond motifs is 2. The molecule has 0 radical (unpaired) electrons. The van der Waals surface area contributed by atoms with Crippen molar-refractivity contribution in [1.82, 2.24) is 10.7 Å². The molecule has 1 aromatic carbocycles. The Bertz CT molecular complexity index is 615. The van der Waals surface area contributed by atoms with Crippen LogP contribution in [0.5, 0.6) is 0 Å². The van der Waals surface area contributed by atoms with Crippen LogP contribution in [0.15, 0.2) is 35.5 Å². The SMILES string of the molecule is S=C(NN=Cc1ccc(Cl)c(Cl)c1)NC1CC2C=CC1C2. The predicted molar refractivity (Wildman–Crippen MR) is 92.1 cm³/mol. The van der Waals surface area contributed by atoms with Crippen molar-refractivity contribution in [2.75, 3.05) is 0 Å². The highest BCUT2D eigenvalue weighted by molar-refractivity contribution is 7.80. The van der Waals surface area contributed by atoms with Gasteiger partial charge in [-0.2, -0.15) is 5.10 Å². The van der Waals surface area contributed by atoms with Gasteiger partial charge in [-0.1, -0.05) is 41.4 Å². The number of nitrogens with zero attached hydrogens (tertiary/aromatic N) is 1. The summed E-state index contributed by atoms with van der Waals surface area (Å²) in [5, 5.41) is 9.04. The normalized spacial score (nSPS) is 26.5. The van der Waals surface area contributed by atoms with E-state index in [2.05, 4.69) is 28.0 Å². The Kier molecular flexibility index (Phi) is 4.48. The number of halogens is 2. The van der Waals surface area contributed by atoms with E-state index in [1.165, 1.54) is 6.42 Å². The summed E-state index contributed by atoms with van der Waals surface area (Å²) >= 11 is 17.1. The third-order valence-electron chi connectivity index (χ3n) is 3.92. The smallest absolute Gasteiger partial charge is 0.187 e. The first-order valence-electron chi connectivity index (χ1n) is 6.85. The van der Waals surface area contributed by atoms with E-state index in [0.717, 1.165) is 17.9 Å². The third kappa shape index (κ3) is 3.57. The summed E-state index contributed by atoms with van der Waals surface area (Å²) in [6.45, 7) is 0. The molecule has 1 saturated carbocycles. The zero-order chi connectivity index (χ0) is 14.8. The van der Waals surface area contributed by atoms with Crippen LogP contribution < -0.4 is 10.7 Å². The van der Waals surface area contributed by atoms with E-state index in [4.69, 9.17) is 35.4 Å². The van der Waals surface area contributed by atoms with Crippen LogP contribution >= 0.6 is 35.4 Å². The maximum atomic E-state index is 5.95. The Morgan fingerprint density at radius 1 is 1.24 bits per heavy atom. The molecule has 3 unspecified atom stereocenters. The van der Waals surface area contributed by atoms with E-state index in [1.54, 1.807) is 18.3 Å². The number of hydrazone groups is 1. The van der Waals surface area contributed by atoms with Gasteiger partial charge in [0, 0.05) is 6.04 Å². The van der Waals surface area contributed by atoms with E-state index >= 15 is 0 Å². The second-order valence-electron chi connectivity index (χ2n) is 5.40. The van der Waals surface area contributed by atoms with Gasteiger partial charge in [-0.25, -0.2) is 0 Å². The van der Waals surface area contributed by atoms with Gasteiger partial charge in [0.1, 0.15) is 0 Å². The van der Waals surface area contributed by atoms with Crippen molar-refractivity contribution in [3.05, 3.63) is 46.0 Å². The summed E-state index contributed by atoms with van der Waals surface area (Å²) < 4.78 is 0. The molecule has 0 aromatic heterocycles. The van der Waals surface area contributed by atoms with Crippen molar-refractivity contribution in [3.63, 3.8) is 0 Å². The van der Waals surface area contributed by atoms with Crippen molar-refractivity contribution in [3.8, 4) is 0 Å². The lowest BCUT2D eigenvalue weighted by Crippen LogP contribution is -2.42. The Labute approximate surface area is 139 Å². The fourth-order valence-electron chi connectivity index (χ4n) is 2.91. The number of hydrogen-bond donors (Lipinski definition) is 2. The Morgan fingerprint density at radius 3 is 2.76 bits per heavy atom. The molecule has 3 atom stereocenters. The molecule has 0 amide bonds. The fraction of sp³-hybridized carbons (Fsp3) is 0.333. The number of benzene rings is 1. The number of allylic oxidation sites excluding steroid dienone is 1. The topological polar surface area (TPSA) is 36.4 Å². The zero-order valence-corrected chi connectivity index (χ0v) is 13.6. The number of hydrogen-bond acceptors (Lipinski definition) is 2. The van der Waals surface area contributed by atoms with Crippen LogP contribution in [-0.2, 0) is 0 Å². The van der Waals surface area contributed by atoms with E-state index in [1.807, 2.05) is 6.07 Å². The van der Waals surface area contributed by atoms with E-state index in [-0.39, 0.29) is 0 Å². The number of thiocarbonyl (C=S) groups is 1. The number of nitrogens with one attached hydrogen (secondary N) is 2. The van der Waals surface area contributed by atoms with Crippen molar-refractivity contribution in [2.45, 2.75) is 18.9 Å². The average molecular weight is 340 g/mol. The molecule has 2 aliphatic carbocycles. The van der Waals surface area contributed by atoms with Gasteiger partial charge in [0.15, 0.2) is 5.11 Å². The molecule has 1 fully saturated rings. The van der Waals surface area contributed by atoms with Crippen molar-refractivity contribution in [1.29, 1.82) is 0 Å². The summed E-state index contributed by atoms with van der Waals surface area (Å²) in [4.78, 5) is 0. The largest absolute Gasteiger partial charge is 0.358 e. The van der Waals surface area contributed by atoms with E-state index < -0.39 is 0 Å². The van der Waals surface area contributed by atoms with Crippen molar-refractivity contribution >= 4 is 46.7 Å². The summed E-state index contributed by atoms with van der Waals surface area (Å²) in [7, 11) is 0. The first kappa shape index (κ1) is 14.8. The van der Waals surface area contributed by atoms with E-state index in [0.29, 0.717) is 27.1 Å². The standard InChI is InChI=1S/C15H15Cl2N3S/c16-12-4-2-10(6-13(12)17)8-18-20-15(21)19-14-7-9-1-3-11(14)5-9/h1-4,6,8-9,11,14H,5,7H2,(H2,19,20,21). The molecule has 1 aromatic rings. The molecule has 110 valence electrons. The molecular formula is C15H15Cl2N3S. The molecule has 0 aliphatic heterocycles. The molecule has 3 rings (SSSR count). The van der Waals surface area contributed by atoms with Gasteiger partial charge in [0.2, 0.25) is 0 Å². The highest BCUT2D eigenvalue weighted by Crippen LogP contribution is 2.38. The second kappa shape index (κ2) is 6.34. The second-order valence-corrected chi connectivity index (χ2v) is 6.63. The van der Waals surface area contributed by atoms with E-state index in [9.17, 15) is 0 Å². The molecule has 3 nitrogen and oxygen atoms in total. The minimum Gasteiger partial charge on any atom is -0.358 e. The lowest BCUT2D eigenvalue weighted by molar-refractivity contribution is 0.521. The summed E-state index contributed by atoms with van der Waals surface area (Å²) in [6.07, 6.45) is 8.65. The molecule has 0 heterocycles. The first-order chi connectivity index (χ1) is 10.1. The zero-order valence-electron chi connectivity index (χ0n) is 11.2. The molecule has 6 heteroatoms. The third-order valence-corrected chi connectivity index (χ3v) is 4.87. The first-order valence-corrected chi connectivity index (χ1v) is 8.01. The average Bonchev–Trinajstić information content (AvgIpc) is 3.05. The van der Waals surface area contributed by atoms with Gasteiger partial charge >= 0.3 is 0 Å².